The third-order valence-electron chi connectivity index (χ3n) is 3.31. The molecule has 1 aromatic heterocycles. The van der Waals surface area contributed by atoms with Crippen LogP contribution in [0.1, 0.15) is 12.8 Å². The normalized spacial score (nSPS) is 22.4. The second-order valence-electron chi connectivity index (χ2n) is 4.44. The zero-order valence-corrected chi connectivity index (χ0v) is 9.90. The van der Waals surface area contributed by atoms with Gasteiger partial charge in [0.2, 0.25) is 5.28 Å². The SMILES string of the molecule is Clc1nccc(N2CCN(C3CC3)CC2)n1. The number of rotatable bonds is 2. The largest absolute Gasteiger partial charge is 0.354 e. The molecule has 0 amide bonds. The summed E-state index contributed by atoms with van der Waals surface area (Å²) in [5.41, 5.74) is 0. The van der Waals surface area contributed by atoms with E-state index in [1.165, 1.54) is 12.8 Å². The van der Waals surface area contributed by atoms with Crippen LogP contribution >= 0.6 is 11.6 Å². The van der Waals surface area contributed by atoms with Crippen LogP contribution in [0.25, 0.3) is 0 Å². The average Bonchev–Trinajstić information content (AvgIpc) is 3.13. The number of aromatic nitrogens is 2. The van der Waals surface area contributed by atoms with Gasteiger partial charge >= 0.3 is 0 Å². The van der Waals surface area contributed by atoms with Gasteiger partial charge in [-0.05, 0) is 30.5 Å². The highest BCUT2D eigenvalue weighted by atomic mass is 35.5. The Morgan fingerprint density at radius 3 is 2.56 bits per heavy atom. The zero-order valence-electron chi connectivity index (χ0n) is 9.14. The Hall–Kier alpha value is -0.870. The van der Waals surface area contributed by atoms with Gasteiger partial charge in [-0.15, -0.1) is 0 Å². The van der Waals surface area contributed by atoms with Crippen molar-refractivity contribution in [2.24, 2.45) is 0 Å². The molecule has 0 spiro atoms. The molecule has 3 rings (SSSR count). The third-order valence-corrected chi connectivity index (χ3v) is 3.50. The van der Waals surface area contributed by atoms with Gasteiger partial charge in [0.25, 0.3) is 0 Å². The number of hydrogen-bond acceptors (Lipinski definition) is 4. The van der Waals surface area contributed by atoms with E-state index in [0.29, 0.717) is 5.28 Å². The van der Waals surface area contributed by atoms with Crippen molar-refractivity contribution in [1.29, 1.82) is 0 Å². The fourth-order valence-corrected chi connectivity index (χ4v) is 2.40. The fourth-order valence-electron chi connectivity index (χ4n) is 2.26. The molecule has 1 saturated carbocycles. The maximum absolute atomic E-state index is 5.79. The standard InChI is InChI=1S/C11H15ClN4/c12-11-13-4-3-10(14-11)16-7-5-15(6-8-16)9-1-2-9/h3-4,9H,1-2,5-8H2. The van der Waals surface area contributed by atoms with Gasteiger partial charge in [0.15, 0.2) is 0 Å². The first kappa shape index (κ1) is 10.3. The van der Waals surface area contributed by atoms with Gasteiger partial charge in [-0.2, -0.15) is 0 Å². The van der Waals surface area contributed by atoms with E-state index in [1.807, 2.05) is 6.07 Å². The second kappa shape index (κ2) is 4.18. The maximum Gasteiger partial charge on any atom is 0.224 e. The van der Waals surface area contributed by atoms with Crippen LogP contribution in [0.3, 0.4) is 0 Å². The van der Waals surface area contributed by atoms with E-state index in [1.54, 1.807) is 6.20 Å². The molecule has 2 aliphatic rings. The van der Waals surface area contributed by atoms with Gasteiger partial charge in [0.1, 0.15) is 5.82 Å². The summed E-state index contributed by atoms with van der Waals surface area (Å²) >= 11 is 5.79. The lowest BCUT2D eigenvalue weighted by Gasteiger charge is -2.35. The van der Waals surface area contributed by atoms with Crippen LogP contribution in [0.5, 0.6) is 0 Å². The topological polar surface area (TPSA) is 32.3 Å². The Kier molecular flexibility index (Phi) is 2.69. The summed E-state index contributed by atoms with van der Waals surface area (Å²) in [5.74, 6) is 0.954. The van der Waals surface area contributed by atoms with Crippen LogP contribution in [0.15, 0.2) is 12.3 Å². The summed E-state index contributed by atoms with van der Waals surface area (Å²) in [6, 6.07) is 2.80. The van der Waals surface area contributed by atoms with Crippen LogP contribution in [0.4, 0.5) is 5.82 Å². The van der Waals surface area contributed by atoms with E-state index in [9.17, 15) is 0 Å². The molecule has 1 aliphatic carbocycles. The van der Waals surface area contributed by atoms with Crippen molar-refractivity contribution in [1.82, 2.24) is 14.9 Å². The van der Waals surface area contributed by atoms with Crippen molar-refractivity contribution < 1.29 is 0 Å². The van der Waals surface area contributed by atoms with Gasteiger partial charge in [0, 0.05) is 38.4 Å². The van der Waals surface area contributed by atoms with Crippen molar-refractivity contribution in [2.75, 3.05) is 31.1 Å². The van der Waals surface area contributed by atoms with Crippen LogP contribution < -0.4 is 4.90 Å². The predicted octanol–water partition coefficient (Wildman–Crippen LogP) is 1.41. The minimum absolute atomic E-state index is 0.335. The maximum atomic E-state index is 5.79. The van der Waals surface area contributed by atoms with Crippen LogP contribution in [-0.2, 0) is 0 Å². The molecule has 2 heterocycles. The first-order chi connectivity index (χ1) is 7.83. The number of halogens is 1. The van der Waals surface area contributed by atoms with E-state index in [4.69, 9.17) is 11.6 Å². The molecular weight excluding hydrogens is 224 g/mol. The molecule has 86 valence electrons. The van der Waals surface area contributed by atoms with Gasteiger partial charge < -0.3 is 4.90 Å². The number of anilines is 1. The van der Waals surface area contributed by atoms with Gasteiger partial charge in [-0.25, -0.2) is 9.97 Å². The van der Waals surface area contributed by atoms with E-state index in [-0.39, 0.29) is 0 Å². The quantitative estimate of drug-likeness (QED) is 0.730. The summed E-state index contributed by atoms with van der Waals surface area (Å²) in [5, 5.41) is 0.335. The minimum Gasteiger partial charge on any atom is -0.354 e. The number of hydrogen-bond donors (Lipinski definition) is 0. The summed E-state index contributed by atoms with van der Waals surface area (Å²) in [6.45, 7) is 4.38. The monoisotopic (exact) mass is 238 g/mol. The highest BCUT2D eigenvalue weighted by Crippen LogP contribution is 2.28. The molecule has 2 fully saturated rings. The van der Waals surface area contributed by atoms with Gasteiger partial charge in [0.05, 0.1) is 0 Å². The van der Waals surface area contributed by atoms with Crippen molar-refractivity contribution in [3.05, 3.63) is 17.5 Å². The Morgan fingerprint density at radius 2 is 1.94 bits per heavy atom. The number of nitrogens with zero attached hydrogens (tertiary/aromatic N) is 4. The molecule has 1 aromatic rings. The Labute approximate surface area is 100 Å². The third kappa shape index (κ3) is 2.13. The fraction of sp³-hybridized carbons (Fsp3) is 0.636. The molecule has 1 aliphatic heterocycles. The molecule has 0 radical (unpaired) electrons. The molecule has 16 heavy (non-hydrogen) atoms. The van der Waals surface area contributed by atoms with E-state index >= 15 is 0 Å². The zero-order chi connectivity index (χ0) is 11.0. The molecule has 0 atom stereocenters. The van der Waals surface area contributed by atoms with Crippen LogP contribution in [-0.4, -0.2) is 47.1 Å². The van der Waals surface area contributed by atoms with Crippen molar-refractivity contribution >= 4 is 17.4 Å². The van der Waals surface area contributed by atoms with Crippen LogP contribution in [0, 0.1) is 0 Å². The van der Waals surface area contributed by atoms with E-state index in [2.05, 4.69) is 19.8 Å². The molecule has 0 aromatic carbocycles. The van der Waals surface area contributed by atoms with Gasteiger partial charge in [-0.3, -0.25) is 4.90 Å². The molecule has 0 unspecified atom stereocenters. The summed E-state index contributed by atoms with van der Waals surface area (Å²) < 4.78 is 0. The summed E-state index contributed by atoms with van der Waals surface area (Å²) in [6.07, 6.45) is 4.50. The van der Waals surface area contributed by atoms with Crippen molar-refractivity contribution in [3.8, 4) is 0 Å². The molecular formula is C11H15ClN4. The van der Waals surface area contributed by atoms with Gasteiger partial charge in [-0.1, -0.05) is 0 Å². The summed E-state index contributed by atoms with van der Waals surface area (Å²) in [7, 11) is 0. The lowest BCUT2D eigenvalue weighted by molar-refractivity contribution is 0.247. The molecule has 0 N–H and O–H groups in total. The first-order valence-corrected chi connectivity index (χ1v) is 6.18. The summed E-state index contributed by atoms with van der Waals surface area (Å²) in [4.78, 5) is 13.0. The minimum atomic E-state index is 0.335. The number of piperazine rings is 1. The molecule has 0 bridgehead atoms. The molecule has 1 saturated heterocycles. The first-order valence-electron chi connectivity index (χ1n) is 5.80. The lowest BCUT2D eigenvalue weighted by atomic mass is 10.3. The average molecular weight is 239 g/mol. The van der Waals surface area contributed by atoms with E-state index < -0.39 is 0 Å². The Balaban J connectivity index is 1.64. The van der Waals surface area contributed by atoms with Crippen molar-refractivity contribution in [3.63, 3.8) is 0 Å². The molecule has 4 nitrogen and oxygen atoms in total. The highest BCUT2D eigenvalue weighted by molar-refractivity contribution is 6.28. The Bertz CT molecular complexity index is 372. The molecule has 5 heteroatoms. The Morgan fingerprint density at radius 1 is 1.19 bits per heavy atom. The smallest absolute Gasteiger partial charge is 0.224 e. The second-order valence-corrected chi connectivity index (χ2v) is 4.78. The predicted molar refractivity (Wildman–Crippen MR) is 63.9 cm³/mol. The lowest BCUT2D eigenvalue weighted by Crippen LogP contribution is -2.47. The van der Waals surface area contributed by atoms with Crippen molar-refractivity contribution in [2.45, 2.75) is 18.9 Å². The van der Waals surface area contributed by atoms with Crippen LogP contribution in [0.2, 0.25) is 5.28 Å². The van der Waals surface area contributed by atoms with E-state index in [0.717, 1.165) is 38.0 Å². The highest BCUT2D eigenvalue weighted by Gasteiger charge is 2.31.